The van der Waals surface area contributed by atoms with Crippen molar-refractivity contribution in [3.63, 3.8) is 0 Å². The number of carboxylic acids is 1. The summed E-state index contributed by atoms with van der Waals surface area (Å²) < 4.78 is 0. The number of carboxylic acid groups (broad SMARTS) is 1. The van der Waals surface area contributed by atoms with Gasteiger partial charge in [0.15, 0.2) is 0 Å². The summed E-state index contributed by atoms with van der Waals surface area (Å²) in [6.07, 6.45) is 0. The number of carbonyl (C=O) groups is 1. The Balaban J connectivity index is 0.000000671. The van der Waals surface area contributed by atoms with Gasteiger partial charge in [-0.2, -0.15) is 0 Å². The monoisotopic (exact) mass is 199 g/mol. The van der Waals surface area contributed by atoms with E-state index in [2.05, 4.69) is 14.6 Å². The van der Waals surface area contributed by atoms with Crippen LogP contribution in [-0.4, -0.2) is 24.8 Å². The summed E-state index contributed by atoms with van der Waals surface area (Å²) in [6.45, 7) is 1.92. The molecule has 4 heteroatoms. The normalized spacial score (nSPS) is 8.23. The van der Waals surface area contributed by atoms with Crippen LogP contribution >= 0.6 is 9.24 Å². The zero-order valence-electron chi connectivity index (χ0n) is 7.74. The highest BCUT2D eigenvalue weighted by molar-refractivity contribution is 7.15. The van der Waals surface area contributed by atoms with E-state index < -0.39 is 5.97 Å². The quantitative estimate of drug-likeness (QED) is 0.715. The molecule has 0 aromatic heterocycles. The maximum Gasteiger partial charge on any atom is 0.335 e. The van der Waals surface area contributed by atoms with Crippen LogP contribution in [0.5, 0.6) is 0 Å². The summed E-state index contributed by atoms with van der Waals surface area (Å²) in [4.78, 5) is 10.4. The molecule has 0 bridgehead atoms. The molecule has 1 aromatic carbocycles. The SMILES string of the molecule is CNc1ccc(C(=O)O)cc1.CP. The standard InChI is InChI=1S/C8H9NO2.CH5P/c1-9-7-4-2-6(3-5-7)8(10)11;1-2/h2-5,9H,1H3,(H,10,11);2H2,1H3. The first-order valence-electron chi connectivity index (χ1n) is 3.83. The number of nitrogens with one attached hydrogen (secondary N) is 1. The maximum absolute atomic E-state index is 10.4. The summed E-state index contributed by atoms with van der Waals surface area (Å²) in [7, 11) is 4.20. The fourth-order valence-corrected chi connectivity index (χ4v) is 0.779. The number of hydrogen-bond donors (Lipinski definition) is 2. The van der Waals surface area contributed by atoms with E-state index >= 15 is 0 Å². The Morgan fingerprint density at radius 1 is 1.31 bits per heavy atom. The van der Waals surface area contributed by atoms with Gasteiger partial charge in [-0.1, -0.05) is 6.66 Å². The minimum atomic E-state index is -0.896. The van der Waals surface area contributed by atoms with Gasteiger partial charge in [0.25, 0.3) is 0 Å². The first-order chi connectivity index (χ1) is 6.24. The van der Waals surface area contributed by atoms with Crippen molar-refractivity contribution in [2.45, 2.75) is 0 Å². The fourth-order valence-electron chi connectivity index (χ4n) is 0.779. The van der Waals surface area contributed by atoms with Gasteiger partial charge in [-0.15, -0.1) is 9.24 Å². The Kier molecular flexibility index (Phi) is 5.90. The van der Waals surface area contributed by atoms with Gasteiger partial charge >= 0.3 is 5.97 Å². The van der Waals surface area contributed by atoms with Crippen LogP contribution in [0.1, 0.15) is 10.4 Å². The smallest absolute Gasteiger partial charge is 0.335 e. The van der Waals surface area contributed by atoms with E-state index in [-0.39, 0.29) is 0 Å². The van der Waals surface area contributed by atoms with Crippen molar-refractivity contribution >= 4 is 20.9 Å². The third-order valence-corrected chi connectivity index (χ3v) is 1.42. The third kappa shape index (κ3) is 3.90. The molecule has 1 rings (SSSR count). The number of benzene rings is 1. The molecule has 72 valence electrons. The second kappa shape index (κ2) is 6.44. The molecule has 0 aliphatic heterocycles. The van der Waals surface area contributed by atoms with Gasteiger partial charge in [-0.25, -0.2) is 4.79 Å². The van der Waals surface area contributed by atoms with Crippen LogP contribution in [0.25, 0.3) is 0 Å². The molecule has 0 spiro atoms. The summed E-state index contributed by atoms with van der Waals surface area (Å²) in [5, 5.41) is 11.4. The van der Waals surface area contributed by atoms with Gasteiger partial charge in [0.2, 0.25) is 0 Å². The molecule has 3 nitrogen and oxygen atoms in total. The molecule has 13 heavy (non-hydrogen) atoms. The number of rotatable bonds is 2. The summed E-state index contributed by atoms with van der Waals surface area (Å²) in [6, 6.07) is 6.58. The van der Waals surface area contributed by atoms with E-state index in [1.807, 2.05) is 6.66 Å². The van der Waals surface area contributed by atoms with Crippen molar-refractivity contribution in [1.82, 2.24) is 0 Å². The molecule has 0 fully saturated rings. The second-order valence-corrected chi connectivity index (χ2v) is 2.13. The van der Waals surface area contributed by atoms with Crippen LogP contribution in [0.15, 0.2) is 24.3 Å². The number of hydrogen-bond acceptors (Lipinski definition) is 2. The molecule has 2 N–H and O–H groups in total. The third-order valence-electron chi connectivity index (χ3n) is 1.42. The fraction of sp³-hybridized carbons (Fsp3) is 0.222. The zero-order valence-corrected chi connectivity index (χ0v) is 8.90. The van der Waals surface area contributed by atoms with Crippen LogP contribution in [0.3, 0.4) is 0 Å². The summed E-state index contributed by atoms with van der Waals surface area (Å²) in [5.74, 6) is -0.896. The molecule has 0 aliphatic carbocycles. The molecule has 0 radical (unpaired) electrons. The Bertz CT molecular complexity index is 259. The lowest BCUT2D eigenvalue weighted by molar-refractivity contribution is 0.0697. The molecule has 1 unspecified atom stereocenters. The molecule has 0 aliphatic rings. The second-order valence-electron chi connectivity index (χ2n) is 2.13. The molecular formula is C9H14NO2P. The first-order valence-corrected chi connectivity index (χ1v) is 4.98. The van der Waals surface area contributed by atoms with Gasteiger partial charge in [-0.05, 0) is 24.3 Å². The lowest BCUT2D eigenvalue weighted by atomic mass is 10.2. The van der Waals surface area contributed by atoms with Crippen LogP contribution in [0.4, 0.5) is 5.69 Å². The van der Waals surface area contributed by atoms with Crippen LogP contribution in [0, 0.1) is 0 Å². The van der Waals surface area contributed by atoms with Gasteiger partial charge in [0.05, 0.1) is 5.56 Å². The molecule has 0 heterocycles. The predicted octanol–water partition coefficient (Wildman–Crippen LogP) is 1.92. The maximum atomic E-state index is 10.4. The average Bonchev–Trinajstić information content (AvgIpc) is 2.21. The van der Waals surface area contributed by atoms with Gasteiger partial charge < -0.3 is 10.4 Å². The molecule has 0 amide bonds. The van der Waals surface area contributed by atoms with Crippen molar-refractivity contribution in [3.05, 3.63) is 29.8 Å². The summed E-state index contributed by atoms with van der Waals surface area (Å²) in [5.41, 5.74) is 1.22. The molecule has 0 saturated carbocycles. The highest BCUT2D eigenvalue weighted by Crippen LogP contribution is 2.07. The van der Waals surface area contributed by atoms with E-state index in [0.717, 1.165) is 5.69 Å². The minimum Gasteiger partial charge on any atom is -0.478 e. The molecule has 0 saturated heterocycles. The Morgan fingerprint density at radius 2 is 1.77 bits per heavy atom. The van der Waals surface area contributed by atoms with Gasteiger partial charge in [0.1, 0.15) is 0 Å². The topological polar surface area (TPSA) is 49.3 Å². The average molecular weight is 199 g/mol. The molecular weight excluding hydrogens is 185 g/mol. The van der Waals surface area contributed by atoms with E-state index in [1.165, 1.54) is 0 Å². The highest BCUT2D eigenvalue weighted by Gasteiger charge is 1.99. The van der Waals surface area contributed by atoms with E-state index in [0.29, 0.717) is 5.56 Å². The number of anilines is 1. The molecule has 1 atom stereocenters. The lowest BCUT2D eigenvalue weighted by Gasteiger charge is -1.98. The van der Waals surface area contributed by atoms with E-state index in [1.54, 1.807) is 31.3 Å². The van der Waals surface area contributed by atoms with E-state index in [4.69, 9.17) is 5.11 Å². The zero-order chi connectivity index (χ0) is 10.3. The summed E-state index contributed by atoms with van der Waals surface area (Å²) >= 11 is 0. The molecule has 1 aromatic rings. The van der Waals surface area contributed by atoms with Crippen molar-refractivity contribution < 1.29 is 9.90 Å². The Hall–Kier alpha value is -1.08. The Labute approximate surface area is 80.4 Å². The van der Waals surface area contributed by atoms with Gasteiger partial charge in [0, 0.05) is 12.7 Å². The van der Waals surface area contributed by atoms with Crippen molar-refractivity contribution in [3.8, 4) is 0 Å². The predicted molar refractivity (Wildman–Crippen MR) is 58.6 cm³/mol. The van der Waals surface area contributed by atoms with Crippen molar-refractivity contribution in [2.75, 3.05) is 19.0 Å². The van der Waals surface area contributed by atoms with E-state index in [9.17, 15) is 4.79 Å². The first kappa shape index (κ1) is 11.9. The van der Waals surface area contributed by atoms with Crippen molar-refractivity contribution in [2.24, 2.45) is 0 Å². The largest absolute Gasteiger partial charge is 0.478 e. The van der Waals surface area contributed by atoms with Crippen LogP contribution in [-0.2, 0) is 0 Å². The van der Waals surface area contributed by atoms with Crippen molar-refractivity contribution in [1.29, 1.82) is 0 Å². The Morgan fingerprint density at radius 3 is 2.08 bits per heavy atom. The highest BCUT2D eigenvalue weighted by atomic mass is 31.0. The van der Waals surface area contributed by atoms with Crippen LogP contribution < -0.4 is 5.32 Å². The number of aromatic carboxylic acids is 1. The van der Waals surface area contributed by atoms with Gasteiger partial charge in [-0.3, -0.25) is 0 Å². The minimum absolute atomic E-state index is 0.309. The van der Waals surface area contributed by atoms with Crippen LogP contribution in [0.2, 0.25) is 0 Å². The lowest BCUT2D eigenvalue weighted by Crippen LogP contribution is -1.96.